The number of aliphatic hydroxyl groups excluding tert-OH is 1. The van der Waals surface area contributed by atoms with Crippen LogP contribution >= 0.6 is 0 Å². The normalized spacial score (nSPS) is 16.9. The Bertz CT molecular complexity index is 967. The highest BCUT2D eigenvalue weighted by molar-refractivity contribution is 6.07. The SMILES string of the molecule is CC(C)CNC(=O)CN1CCN(CC(O)Cn2c3ccccc3c3ccccc32)CC1. The molecule has 6 heteroatoms. The third-order valence-corrected chi connectivity index (χ3v) is 6.08. The zero-order valence-corrected chi connectivity index (χ0v) is 18.6. The number of para-hydroxylation sites is 2. The molecule has 1 fully saturated rings. The molecule has 4 rings (SSSR count). The van der Waals surface area contributed by atoms with Crippen LogP contribution in [0.15, 0.2) is 48.5 Å². The second-order valence-corrected chi connectivity index (χ2v) is 9.07. The van der Waals surface area contributed by atoms with Gasteiger partial charge in [-0.15, -0.1) is 0 Å². The molecule has 1 atom stereocenters. The van der Waals surface area contributed by atoms with Gasteiger partial charge in [-0.1, -0.05) is 50.2 Å². The number of fused-ring (bicyclic) bond motifs is 3. The number of benzene rings is 2. The van der Waals surface area contributed by atoms with E-state index in [0.29, 0.717) is 25.6 Å². The topological polar surface area (TPSA) is 60.7 Å². The Morgan fingerprint density at radius 1 is 0.903 bits per heavy atom. The summed E-state index contributed by atoms with van der Waals surface area (Å²) in [5.41, 5.74) is 2.33. The molecule has 3 aromatic rings. The van der Waals surface area contributed by atoms with Crippen LogP contribution in [0.5, 0.6) is 0 Å². The summed E-state index contributed by atoms with van der Waals surface area (Å²) in [6, 6.07) is 16.8. The average Bonchev–Trinajstić information content (AvgIpc) is 3.08. The second-order valence-electron chi connectivity index (χ2n) is 9.07. The van der Waals surface area contributed by atoms with E-state index in [9.17, 15) is 9.90 Å². The Kier molecular flexibility index (Phi) is 6.90. The van der Waals surface area contributed by atoms with Crippen molar-refractivity contribution in [1.82, 2.24) is 19.7 Å². The van der Waals surface area contributed by atoms with Crippen LogP contribution in [0.25, 0.3) is 21.8 Å². The van der Waals surface area contributed by atoms with Gasteiger partial charge in [-0.3, -0.25) is 14.6 Å². The van der Waals surface area contributed by atoms with Crippen LogP contribution in [-0.2, 0) is 11.3 Å². The summed E-state index contributed by atoms with van der Waals surface area (Å²) >= 11 is 0. The van der Waals surface area contributed by atoms with Gasteiger partial charge in [0.1, 0.15) is 0 Å². The molecule has 0 spiro atoms. The number of hydrogen-bond donors (Lipinski definition) is 2. The van der Waals surface area contributed by atoms with E-state index in [-0.39, 0.29) is 5.91 Å². The molecule has 166 valence electrons. The van der Waals surface area contributed by atoms with E-state index in [1.165, 1.54) is 21.8 Å². The van der Waals surface area contributed by atoms with Crippen LogP contribution in [0.4, 0.5) is 0 Å². The fraction of sp³-hybridized carbons (Fsp3) is 0.480. The summed E-state index contributed by atoms with van der Waals surface area (Å²) in [5, 5.41) is 16.3. The number of aromatic nitrogens is 1. The van der Waals surface area contributed by atoms with Crippen LogP contribution in [0.3, 0.4) is 0 Å². The molecule has 0 radical (unpaired) electrons. The van der Waals surface area contributed by atoms with E-state index in [4.69, 9.17) is 0 Å². The standard InChI is InChI=1S/C25H34N4O2/c1-19(2)15-26-25(31)18-28-13-11-27(12-14-28)16-20(30)17-29-23-9-5-3-7-21(23)22-8-4-6-10-24(22)29/h3-10,19-20,30H,11-18H2,1-2H3,(H,26,31). The fourth-order valence-electron chi connectivity index (χ4n) is 4.47. The van der Waals surface area contributed by atoms with Gasteiger partial charge in [0.05, 0.1) is 19.2 Å². The number of nitrogens with one attached hydrogen (secondary N) is 1. The monoisotopic (exact) mass is 422 g/mol. The number of rotatable bonds is 8. The molecule has 0 aliphatic carbocycles. The van der Waals surface area contributed by atoms with E-state index in [0.717, 1.165) is 32.7 Å². The molecule has 31 heavy (non-hydrogen) atoms. The van der Waals surface area contributed by atoms with E-state index in [1.54, 1.807) is 0 Å². The first-order valence-corrected chi connectivity index (χ1v) is 11.4. The largest absolute Gasteiger partial charge is 0.390 e. The minimum atomic E-state index is -0.444. The molecule has 1 aromatic heterocycles. The van der Waals surface area contributed by atoms with Crippen molar-refractivity contribution in [3.63, 3.8) is 0 Å². The summed E-state index contributed by atoms with van der Waals surface area (Å²) in [4.78, 5) is 16.6. The summed E-state index contributed by atoms with van der Waals surface area (Å²) < 4.78 is 2.24. The molecule has 1 amide bonds. The predicted molar refractivity (Wildman–Crippen MR) is 126 cm³/mol. The van der Waals surface area contributed by atoms with Gasteiger partial charge in [0.25, 0.3) is 0 Å². The number of amides is 1. The molecule has 1 unspecified atom stereocenters. The number of aliphatic hydroxyl groups is 1. The number of carbonyl (C=O) groups excluding carboxylic acids is 1. The van der Waals surface area contributed by atoms with Crippen molar-refractivity contribution >= 4 is 27.7 Å². The number of piperazine rings is 1. The molecule has 0 saturated carbocycles. The van der Waals surface area contributed by atoms with Crippen molar-refractivity contribution in [3.8, 4) is 0 Å². The summed E-state index contributed by atoms with van der Waals surface area (Å²) in [5.74, 6) is 0.574. The highest BCUT2D eigenvalue weighted by Gasteiger charge is 2.22. The third kappa shape index (κ3) is 5.26. The molecule has 1 aliphatic heterocycles. The van der Waals surface area contributed by atoms with E-state index in [2.05, 4.69) is 82.1 Å². The molecule has 2 N–H and O–H groups in total. The maximum absolute atomic E-state index is 12.1. The summed E-state index contributed by atoms with van der Waals surface area (Å²) in [6.07, 6.45) is -0.444. The van der Waals surface area contributed by atoms with Crippen molar-refractivity contribution in [2.75, 3.05) is 45.8 Å². The Morgan fingerprint density at radius 3 is 2.03 bits per heavy atom. The van der Waals surface area contributed by atoms with Crippen LogP contribution in [0.1, 0.15) is 13.8 Å². The predicted octanol–water partition coefficient (Wildman–Crippen LogP) is 2.55. The first-order valence-electron chi connectivity index (χ1n) is 11.4. The van der Waals surface area contributed by atoms with Gasteiger partial charge < -0.3 is 15.0 Å². The first kappa shape index (κ1) is 21.8. The Labute approximate surface area is 184 Å². The van der Waals surface area contributed by atoms with E-state index < -0.39 is 6.10 Å². The molecular weight excluding hydrogens is 388 g/mol. The van der Waals surface area contributed by atoms with Crippen molar-refractivity contribution in [2.24, 2.45) is 5.92 Å². The lowest BCUT2D eigenvalue weighted by molar-refractivity contribution is -0.122. The first-order chi connectivity index (χ1) is 15.0. The van der Waals surface area contributed by atoms with Gasteiger partial charge in [0.2, 0.25) is 5.91 Å². The van der Waals surface area contributed by atoms with E-state index in [1.807, 2.05) is 0 Å². The van der Waals surface area contributed by atoms with Crippen LogP contribution in [0, 0.1) is 5.92 Å². The van der Waals surface area contributed by atoms with Crippen molar-refractivity contribution in [2.45, 2.75) is 26.5 Å². The van der Waals surface area contributed by atoms with Gasteiger partial charge in [-0.2, -0.15) is 0 Å². The lowest BCUT2D eigenvalue weighted by atomic mass is 10.2. The summed E-state index contributed by atoms with van der Waals surface area (Å²) in [6.45, 7) is 10.1. The Balaban J connectivity index is 1.32. The van der Waals surface area contributed by atoms with Crippen LogP contribution in [0.2, 0.25) is 0 Å². The summed E-state index contributed by atoms with van der Waals surface area (Å²) in [7, 11) is 0. The Hall–Kier alpha value is -2.41. The second kappa shape index (κ2) is 9.81. The number of nitrogens with zero attached hydrogens (tertiary/aromatic N) is 3. The number of hydrogen-bond acceptors (Lipinski definition) is 4. The third-order valence-electron chi connectivity index (χ3n) is 6.08. The lowest BCUT2D eigenvalue weighted by Crippen LogP contribution is -2.51. The smallest absolute Gasteiger partial charge is 0.234 e. The van der Waals surface area contributed by atoms with Gasteiger partial charge in [0, 0.05) is 61.1 Å². The minimum absolute atomic E-state index is 0.105. The maximum Gasteiger partial charge on any atom is 0.234 e. The lowest BCUT2D eigenvalue weighted by Gasteiger charge is -2.35. The molecule has 2 aromatic carbocycles. The van der Waals surface area contributed by atoms with Gasteiger partial charge in [-0.05, 0) is 18.1 Å². The van der Waals surface area contributed by atoms with Crippen molar-refractivity contribution in [3.05, 3.63) is 48.5 Å². The fourth-order valence-corrected chi connectivity index (χ4v) is 4.47. The molecule has 6 nitrogen and oxygen atoms in total. The molecule has 1 saturated heterocycles. The molecule has 1 aliphatic rings. The van der Waals surface area contributed by atoms with Crippen molar-refractivity contribution in [1.29, 1.82) is 0 Å². The van der Waals surface area contributed by atoms with Gasteiger partial charge >= 0.3 is 0 Å². The van der Waals surface area contributed by atoms with Gasteiger partial charge in [-0.25, -0.2) is 0 Å². The van der Waals surface area contributed by atoms with Gasteiger partial charge in [0.15, 0.2) is 0 Å². The number of carbonyl (C=O) groups is 1. The van der Waals surface area contributed by atoms with E-state index >= 15 is 0 Å². The van der Waals surface area contributed by atoms with Crippen LogP contribution < -0.4 is 5.32 Å². The molecule has 2 heterocycles. The maximum atomic E-state index is 12.1. The van der Waals surface area contributed by atoms with Crippen LogP contribution in [-0.4, -0.2) is 77.3 Å². The highest BCUT2D eigenvalue weighted by atomic mass is 16.3. The zero-order valence-electron chi connectivity index (χ0n) is 18.6. The molecule has 0 bridgehead atoms. The minimum Gasteiger partial charge on any atom is -0.390 e. The number of β-amino-alcohol motifs (C(OH)–C–C–N with tert-alkyl or cyclic N) is 1. The quantitative estimate of drug-likeness (QED) is 0.586. The highest BCUT2D eigenvalue weighted by Crippen LogP contribution is 2.28. The molecular formula is C25H34N4O2. The van der Waals surface area contributed by atoms with Crippen molar-refractivity contribution < 1.29 is 9.90 Å². The zero-order chi connectivity index (χ0) is 21.8. The average molecular weight is 423 g/mol. The Morgan fingerprint density at radius 2 is 1.45 bits per heavy atom.